The van der Waals surface area contributed by atoms with Crippen molar-refractivity contribution in [3.05, 3.63) is 103 Å². The molecule has 4 nitrogen and oxygen atoms in total. The van der Waals surface area contributed by atoms with E-state index >= 15 is 0 Å². The third-order valence-corrected chi connectivity index (χ3v) is 6.40. The molecule has 0 aliphatic carbocycles. The Morgan fingerprint density at radius 2 is 1.47 bits per heavy atom. The number of rotatable bonds is 2. The van der Waals surface area contributed by atoms with Crippen LogP contribution in [0.3, 0.4) is 0 Å². The summed E-state index contributed by atoms with van der Waals surface area (Å²) in [6.45, 7) is 6.73. The Bertz CT molecular complexity index is 1490. The molecule has 6 rings (SSSR count). The van der Waals surface area contributed by atoms with Crippen molar-refractivity contribution in [2.24, 2.45) is 0 Å². The third kappa shape index (κ3) is 3.30. The summed E-state index contributed by atoms with van der Waals surface area (Å²) < 4.78 is 2.26. The van der Waals surface area contributed by atoms with Gasteiger partial charge >= 0.3 is 0 Å². The maximum atomic E-state index is 5.26. The molecule has 4 heteroatoms. The van der Waals surface area contributed by atoms with Crippen LogP contribution in [0.15, 0.2) is 97.2 Å². The number of aromatic nitrogens is 3. The van der Waals surface area contributed by atoms with Gasteiger partial charge in [-0.25, -0.2) is 9.97 Å². The fraction of sp³-hybridized carbons (Fsp3) is 0.133. The first-order valence-electron chi connectivity index (χ1n) is 11.6. The van der Waals surface area contributed by atoms with E-state index in [1.165, 1.54) is 5.56 Å². The van der Waals surface area contributed by atoms with Crippen molar-refractivity contribution in [1.29, 1.82) is 0 Å². The molecule has 1 aliphatic heterocycles. The molecular formula is C30H26N4. The van der Waals surface area contributed by atoms with Gasteiger partial charge in [0.05, 0.1) is 22.8 Å². The Morgan fingerprint density at radius 1 is 0.735 bits per heavy atom. The van der Waals surface area contributed by atoms with E-state index in [0.29, 0.717) is 0 Å². The maximum Gasteiger partial charge on any atom is 0.154 e. The molecule has 1 N–H and O–H groups in total. The van der Waals surface area contributed by atoms with Crippen molar-refractivity contribution in [2.45, 2.75) is 26.2 Å². The van der Waals surface area contributed by atoms with E-state index in [1.54, 1.807) is 0 Å². The van der Waals surface area contributed by atoms with Crippen molar-refractivity contribution in [1.82, 2.24) is 14.5 Å². The fourth-order valence-corrected chi connectivity index (χ4v) is 4.62. The number of fused-ring (bicyclic) bond motifs is 5. The summed E-state index contributed by atoms with van der Waals surface area (Å²) in [7, 11) is 0. The zero-order chi connectivity index (χ0) is 23.3. The maximum absolute atomic E-state index is 5.26. The molecule has 2 aromatic heterocycles. The molecule has 0 saturated carbocycles. The number of para-hydroxylation sites is 1. The second-order valence-corrected chi connectivity index (χ2v) is 9.70. The number of anilines is 2. The van der Waals surface area contributed by atoms with Crippen LogP contribution in [0.4, 0.5) is 11.5 Å². The van der Waals surface area contributed by atoms with Gasteiger partial charge in [0.1, 0.15) is 5.82 Å². The average molecular weight is 443 g/mol. The molecule has 0 fully saturated rings. The number of hydrogen-bond acceptors (Lipinski definition) is 3. The first-order chi connectivity index (χ1) is 16.5. The molecule has 0 radical (unpaired) electrons. The minimum atomic E-state index is 0.0918. The summed E-state index contributed by atoms with van der Waals surface area (Å²) in [5.74, 6) is 1.72. The molecule has 166 valence electrons. The molecule has 3 aromatic carbocycles. The van der Waals surface area contributed by atoms with E-state index in [1.807, 2.05) is 24.4 Å². The van der Waals surface area contributed by atoms with Gasteiger partial charge in [0.2, 0.25) is 0 Å². The van der Waals surface area contributed by atoms with Crippen LogP contribution < -0.4 is 5.32 Å². The lowest BCUT2D eigenvalue weighted by molar-refractivity contribution is 0.590. The van der Waals surface area contributed by atoms with E-state index in [2.05, 4.69) is 108 Å². The topological polar surface area (TPSA) is 42.7 Å². The predicted octanol–water partition coefficient (Wildman–Crippen LogP) is 7.62. The first kappa shape index (κ1) is 20.4. The minimum absolute atomic E-state index is 0.0918. The van der Waals surface area contributed by atoms with Crippen LogP contribution in [0.25, 0.3) is 39.6 Å². The molecule has 0 spiro atoms. The van der Waals surface area contributed by atoms with Gasteiger partial charge < -0.3 is 5.32 Å². The number of nitrogens with one attached hydrogen (secondary N) is 1. The van der Waals surface area contributed by atoms with Crippen LogP contribution in [0, 0.1) is 0 Å². The van der Waals surface area contributed by atoms with Crippen LogP contribution in [0.5, 0.6) is 0 Å². The Morgan fingerprint density at radius 3 is 2.24 bits per heavy atom. The smallest absolute Gasteiger partial charge is 0.154 e. The van der Waals surface area contributed by atoms with Gasteiger partial charge in [0, 0.05) is 22.9 Å². The van der Waals surface area contributed by atoms with Gasteiger partial charge in [-0.05, 0) is 35.2 Å². The summed E-state index contributed by atoms with van der Waals surface area (Å²) in [5, 5.41) is 3.53. The molecule has 3 heterocycles. The van der Waals surface area contributed by atoms with Crippen molar-refractivity contribution in [2.75, 3.05) is 5.32 Å². The zero-order valence-corrected chi connectivity index (χ0v) is 19.6. The number of nitrogens with zero attached hydrogens (tertiary/aromatic N) is 3. The van der Waals surface area contributed by atoms with Crippen molar-refractivity contribution in [3.63, 3.8) is 0 Å². The van der Waals surface area contributed by atoms with Crippen LogP contribution in [0.1, 0.15) is 26.3 Å². The lowest BCUT2D eigenvalue weighted by Crippen LogP contribution is -2.10. The lowest BCUT2D eigenvalue weighted by Gasteiger charge is -2.20. The fourth-order valence-electron chi connectivity index (χ4n) is 4.62. The number of benzene rings is 3. The predicted molar refractivity (Wildman–Crippen MR) is 140 cm³/mol. The highest BCUT2D eigenvalue weighted by molar-refractivity contribution is 5.90. The van der Waals surface area contributed by atoms with Gasteiger partial charge in [-0.3, -0.25) is 4.57 Å². The molecule has 0 bridgehead atoms. The van der Waals surface area contributed by atoms with Gasteiger partial charge in [-0.15, -0.1) is 0 Å². The minimum Gasteiger partial charge on any atom is -0.338 e. The van der Waals surface area contributed by atoms with Gasteiger partial charge in [0.25, 0.3) is 0 Å². The molecule has 5 aromatic rings. The van der Waals surface area contributed by atoms with E-state index < -0.39 is 0 Å². The van der Waals surface area contributed by atoms with Crippen LogP contribution in [0.2, 0.25) is 0 Å². The van der Waals surface area contributed by atoms with Crippen molar-refractivity contribution < 1.29 is 0 Å². The summed E-state index contributed by atoms with van der Waals surface area (Å²) in [4.78, 5) is 9.94. The standard InChI is InChI=1S/C30H26N4/c1-30(2,3)22-17-15-21(16-18-22)27-26(20-10-5-4-6-11-20)33-29-23-12-7-8-13-24(23)32-28-25(34(27)29)14-9-19-31-28/h4-19H,1-3H3,(H,31,32). The van der Waals surface area contributed by atoms with E-state index in [9.17, 15) is 0 Å². The van der Waals surface area contributed by atoms with Gasteiger partial charge in [-0.1, -0.05) is 87.5 Å². The Balaban J connectivity index is 1.71. The number of hydrogen-bond donors (Lipinski definition) is 1. The second kappa shape index (κ2) is 7.70. The first-order valence-corrected chi connectivity index (χ1v) is 11.6. The van der Waals surface area contributed by atoms with Gasteiger partial charge in [0.15, 0.2) is 5.82 Å². The molecule has 1 aliphatic rings. The quantitative estimate of drug-likeness (QED) is 0.300. The third-order valence-electron chi connectivity index (χ3n) is 6.40. The highest BCUT2D eigenvalue weighted by Gasteiger charge is 2.28. The summed E-state index contributed by atoms with van der Waals surface area (Å²) in [6, 6.07) is 31.7. The molecular weight excluding hydrogens is 416 g/mol. The molecule has 0 unspecified atom stereocenters. The second-order valence-electron chi connectivity index (χ2n) is 9.70. The van der Waals surface area contributed by atoms with Crippen LogP contribution in [-0.2, 0) is 5.41 Å². The van der Waals surface area contributed by atoms with Crippen molar-refractivity contribution in [3.8, 4) is 39.6 Å². The molecule has 0 saturated heterocycles. The monoisotopic (exact) mass is 442 g/mol. The Kier molecular flexibility index (Phi) is 4.63. The SMILES string of the molecule is CC(C)(C)c1ccc(-c2c(-c3ccccc3)nc3n2-c2cccnc2Nc2ccccc2-3)cc1. The normalized spacial score (nSPS) is 12.2. The van der Waals surface area contributed by atoms with Crippen LogP contribution in [-0.4, -0.2) is 14.5 Å². The molecule has 0 amide bonds. The van der Waals surface area contributed by atoms with Crippen LogP contribution >= 0.6 is 0 Å². The average Bonchev–Trinajstić information content (AvgIpc) is 3.19. The zero-order valence-electron chi connectivity index (χ0n) is 19.6. The Labute approximate surface area is 200 Å². The highest BCUT2D eigenvalue weighted by atomic mass is 15.2. The lowest BCUT2D eigenvalue weighted by atomic mass is 9.86. The molecule has 0 atom stereocenters. The van der Waals surface area contributed by atoms with Gasteiger partial charge in [-0.2, -0.15) is 0 Å². The Hall–Kier alpha value is -4.18. The van der Waals surface area contributed by atoms with Crippen molar-refractivity contribution >= 4 is 11.5 Å². The number of imidazole rings is 1. The van der Waals surface area contributed by atoms with E-state index in [-0.39, 0.29) is 5.41 Å². The summed E-state index contributed by atoms with van der Waals surface area (Å²) >= 11 is 0. The number of pyridine rings is 1. The molecule has 34 heavy (non-hydrogen) atoms. The summed E-state index contributed by atoms with van der Waals surface area (Å²) in [6.07, 6.45) is 1.83. The van der Waals surface area contributed by atoms with E-state index in [4.69, 9.17) is 4.98 Å². The van der Waals surface area contributed by atoms with E-state index in [0.717, 1.165) is 51.1 Å². The summed E-state index contributed by atoms with van der Waals surface area (Å²) in [5.41, 5.74) is 8.68. The largest absolute Gasteiger partial charge is 0.338 e. The highest BCUT2D eigenvalue weighted by Crippen LogP contribution is 2.44.